The maximum absolute atomic E-state index is 4.67. The van der Waals surface area contributed by atoms with Gasteiger partial charge in [-0.3, -0.25) is 0 Å². The number of hydrogen-bond donors (Lipinski definition) is 0. The van der Waals surface area contributed by atoms with Gasteiger partial charge in [-0.2, -0.15) is 0 Å². The first kappa shape index (κ1) is 14.4. The standard InChI is InChI=1S/C19H19N3/c1-12-5-7-16(14(3)9-12)18-20-11-21-19(22-18)17-8-6-13(2)10-15(17)4/h5-11H,1-4H3. The van der Waals surface area contributed by atoms with Gasteiger partial charge in [0.25, 0.3) is 0 Å². The van der Waals surface area contributed by atoms with Gasteiger partial charge >= 0.3 is 0 Å². The molecule has 0 saturated heterocycles. The lowest BCUT2D eigenvalue weighted by atomic mass is 10.0. The highest BCUT2D eigenvalue weighted by molar-refractivity contribution is 5.65. The van der Waals surface area contributed by atoms with Crippen LogP contribution in [0.5, 0.6) is 0 Å². The summed E-state index contributed by atoms with van der Waals surface area (Å²) in [5, 5.41) is 0. The smallest absolute Gasteiger partial charge is 0.163 e. The maximum atomic E-state index is 4.67. The third-order valence-corrected chi connectivity index (χ3v) is 3.82. The van der Waals surface area contributed by atoms with E-state index in [9.17, 15) is 0 Å². The summed E-state index contributed by atoms with van der Waals surface area (Å²) in [4.78, 5) is 13.4. The van der Waals surface area contributed by atoms with Crippen LogP contribution in [0.25, 0.3) is 22.8 Å². The predicted molar refractivity (Wildman–Crippen MR) is 89.6 cm³/mol. The summed E-state index contributed by atoms with van der Waals surface area (Å²) < 4.78 is 0. The highest BCUT2D eigenvalue weighted by atomic mass is 15.0. The minimum Gasteiger partial charge on any atom is -0.216 e. The molecule has 110 valence electrons. The molecule has 0 spiro atoms. The molecule has 0 atom stereocenters. The topological polar surface area (TPSA) is 38.7 Å². The first-order chi connectivity index (χ1) is 10.5. The average molecular weight is 289 g/mol. The van der Waals surface area contributed by atoms with Gasteiger partial charge in [0.1, 0.15) is 6.33 Å². The fraction of sp³-hybridized carbons (Fsp3) is 0.211. The van der Waals surface area contributed by atoms with Gasteiger partial charge in [-0.25, -0.2) is 15.0 Å². The Hall–Kier alpha value is -2.55. The average Bonchev–Trinajstić information content (AvgIpc) is 2.47. The quantitative estimate of drug-likeness (QED) is 0.700. The lowest BCUT2D eigenvalue weighted by Crippen LogP contribution is -1.98. The molecule has 0 aliphatic carbocycles. The molecule has 0 amide bonds. The Morgan fingerprint density at radius 1 is 0.636 bits per heavy atom. The van der Waals surface area contributed by atoms with Crippen LogP contribution in [-0.4, -0.2) is 15.0 Å². The molecule has 3 rings (SSSR count). The molecule has 2 aromatic carbocycles. The van der Waals surface area contributed by atoms with E-state index in [2.05, 4.69) is 79.0 Å². The Balaban J connectivity index is 2.10. The Kier molecular flexibility index (Phi) is 3.72. The van der Waals surface area contributed by atoms with Crippen molar-refractivity contribution in [2.45, 2.75) is 27.7 Å². The Bertz CT molecular complexity index is 771. The minimum absolute atomic E-state index is 0.725. The van der Waals surface area contributed by atoms with Gasteiger partial charge < -0.3 is 0 Å². The molecule has 3 heteroatoms. The zero-order valence-electron chi connectivity index (χ0n) is 13.4. The van der Waals surface area contributed by atoms with E-state index in [-0.39, 0.29) is 0 Å². The van der Waals surface area contributed by atoms with E-state index in [1.165, 1.54) is 22.3 Å². The summed E-state index contributed by atoms with van der Waals surface area (Å²) in [5.74, 6) is 1.45. The molecule has 0 radical (unpaired) electrons. The van der Waals surface area contributed by atoms with Crippen LogP contribution in [0.2, 0.25) is 0 Å². The molecule has 3 aromatic rings. The van der Waals surface area contributed by atoms with Crippen LogP contribution < -0.4 is 0 Å². The third kappa shape index (κ3) is 2.75. The molecule has 22 heavy (non-hydrogen) atoms. The van der Waals surface area contributed by atoms with Crippen molar-refractivity contribution in [3.63, 3.8) is 0 Å². The fourth-order valence-corrected chi connectivity index (χ4v) is 2.68. The molecule has 3 nitrogen and oxygen atoms in total. The zero-order chi connectivity index (χ0) is 15.7. The summed E-state index contributed by atoms with van der Waals surface area (Å²) in [5.41, 5.74) is 6.95. The summed E-state index contributed by atoms with van der Waals surface area (Å²) in [6.07, 6.45) is 1.59. The second kappa shape index (κ2) is 5.68. The number of aromatic nitrogens is 3. The molecule has 1 heterocycles. The predicted octanol–water partition coefficient (Wildman–Crippen LogP) is 4.44. The highest BCUT2D eigenvalue weighted by Crippen LogP contribution is 2.24. The monoisotopic (exact) mass is 289 g/mol. The van der Waals surface area contributed by atoms with Gasteiger partial charge in [0.15, 0.2) is 11.6 Å². The summed E-state index contributed by atoms with van der Waals surface area (Å²) in [6.45, 7) is 8.35. The van der Waals surface area contributed by atoms with Crippen LogP contribution >= 0.6 is 0 Å². The summed E-state index contributed by atoms with van der Waals surface area (Å²) in [6, 6.07) is 12.6. The van der Waals surface area contributed by atoms with Crippen LogP contribution in [0.15, 0.2) is 42.7 Å². The van der Waals surface area contributed by atoms with Gasteiger partial charge in [-0.1, -0.05) is 47.5 Å². The molecule has 1 aromatic heterocycles. The SMILES string of the molecule is Cc1ccc(-c2ncnc(-c3ccc(C)cc3C)n2)c(C)c1. The van der Waals surface area contributed by atoms with E-state index >= 15 is 0 Å². The van der Waals surface area contributed by atoms with Crippen molar-refractivity contribution in [3.05, 3.63) is 65.0 Å². The maximum Gasteiger partial charge on any atom is 0.163 e. The largest absolute Gasteiger partial charge is 0.216 e. The number of aryl methyl sites for hydroxylation is 4. The Labute approximate surface area is 131 Å². The lowest BCUT2D eigenvalue weighted by molar-refractivity contribution is 1.06. The molecular weight excluding hydrogens is 270 g/mol. The third-order valence-electron chi connectivity index (χ3n) is 3.82. The molecule has 0 aliphatic rings. The first-order valence-corrected chi connectivity index (χ1v) is 7.39. The van der Waals surface area contributed by atoms with E-state index in [0.717, 1.165) is 22.8 Å². The normalized spacial score (nSPS) is 10.7. The number of nitrogens with zero attached hydrogens (tertiary/aromatic N) is 3. The molecule has 0 aliphatic heterocycles. The Morgan fingerprint density at radius 2 is 1.09 bits per heavy atom. The number of rotatable bonds is 2. The molecular formula is C19H19N3. The zero-order valence-corrected chi connectivity index (χ0v) is 13.4. The Morgan fingerprint density at radius 3 is 1.50 bits per heavy atom. The van der Waals surface area contributed by atoms with Crippen molar-refractivity contribution in [3.8, 4) is 22.8 Å². The van der Waals surface area contributed by atoms with Crippen molar-refractivity contribution in [2.75, 3.05) is 0 Å². The van der Waals surface area contributed by atoms with E-state index in [1.807, 2.05) is 0 Å². The van der Waals surface area contributed by atoms with Crippen LogP contribution in [0, 0.1) is 27.7 Å². The van der Waals surface area contributed by atoms with E-state index in [0.29, 0.717) is 0 Å². The van der Waals surface area contributed by atoms with Crippen LogP contribution in [0.4, 0.5) is 0 Å². The van der Waals surface area contributed by atoms with Crippen molar-refractivity contribution >= 4 is 0 Å². The second-order valence-corrected chi connectivity index (χ2v) is 5.77. The van der Waals surface area contributed by atoms with E-state index in [1.54, 1.807) is 6.33 Å². The fourth-order valence-electron chi connectivity index (χ4n) is 2.68. The van der Waals surface area contributed by atoms with Crippen LogP contribution in [0.3, 0.4) is 0 Å². The van der Waals surface area contributed by atoms with E-state index in [4.69, 9.17) is 0 Å². The molecule has 0 unspecified atom stereocenters. The van der Waals surface area contributed by atoms with Gasteiger partial charge in [0, 0.05) is 11.1 Å². The van der Waals surface area contributed by atoms with E-state index < -0.39 is 0 Å². The highest BCUT2D eigenvalue weighted by Gasteiger charge is 2.10. The van der Waals surface area contributed by atoms with Gasteiger partial charge in [0.05, 0.1) is 0 Å². The second-order valence-electron chi connectivity index (χ2n) is 5.77. The summed E-state index contributed by atoms with van der Waals surface area (Å²) in [7, 11) is 0. The number of hydrogen-bond acceptors (Lipinski definition) is 3. The van der Waals surface area contributed by atoms with Gasteiger partial charge in [-0.05, 0) is 38.8 Å². The minimum atomic E-state index is 0.725. The number of benzene rings is 2. The molecule has 0 N–H and O–H groups in total. The van der Waals surface area contributed by atoms with Crippen molar-refractivity contribution in [1.82, 2.24) is 15.0 Å². The first-order valence-electron chi connectivity index (χ1n) is 7.39. The van der Waals surface area contributed by atoms with Crippen molar-refractivity contribution in [2.24, 2.45) is 0 Å². The summed E-state index contributed by atoms with van der Waals surface area (Å²) >= 11 is 0. The lowest BCUT2D eigenvalue weighted by Gasteiger charge is -2.09. The van der Waals surface area contributed by atoms with Crippen LogP contribution in [0.1, 0.15) is 22.3 Å². The van der Waals surface area contributed by atoms with Gasteiger partial charge in [-0.15, -0.1) is 0 Å². The molecule has 0 saturated carbocycles. The van der Waals surface area contributed by atoms with Gasteiger partial charge in [0.2, 0.25) is 0 Å². The molecule has 0 fully saturated rings. The van der Waals surface area contributed by atoms with Crippen molar-refractivity contribution in [1.29, 1.82) is 0 Å². The van der Waals surface area contributed by atoms with Crippen LogP contribution in [-0.2, 0) is 0 Å². The molecule has 0 bridgehead atoms. The van der Waals surface area contributed by atoms with Crippen molar-refractivity contribution < 1.29 is 0 Å².